The maximum atomic E-state index is 12.8. The third-order valence-corrected chi connectivity index (χ3v) is 5.38. The van der Waals surface area contributed by atoms with Gasteiger partial charge in [-0.15, -0.1) is 0 Å². The molecule has 34 heavy (non-hydrogen) atoms. The Kier molecular flexibility index (Phi) is 9.33. The van der Waals surface area contributed by atoms with Gasteiger partial charge in [-0.25, -0.2) is 4.79 Å². The number of aliphatic carboxylic acids is 1. The van der Waals surface area contributed by atoms with E-state index in [1.54, 1.807) is 0 Å². The number of hydrogen-bond acceptors (Lipinski definition) is 8. The van der Waals surface area contributed by atoms with E-state index >= 15 is 0 Å². The van der Waals surface area contributed by atoms with Gasteiger partial charge in [0.25, 0.3) is 0 Å². The molecule has 1 aliphatic rings. The van der Waals surface area contributed by atoms with Gasteiger partial charge in [0, 0.05) is 13.0 Å². The third-order valence-electron chi connectivity index (χ3n) is 5.38. The second-order valence-corrected chi connectivity index (χ2v) is 7.98. The lowest BCUT2D eigenvalue weighted by Crippen LogP contribution is -2.58. The molecule has 0 spiro atoms. The van der Waals surface area contributed by atoms with Crippen LogP contribution in [0.3, 0.4) is 0 Å². The number of aliphatic hydroxyl groups is 1. The molecule has 4 atom stereocenters. The number of nitrogens with two attached hydrogens (primary N) is 2. The summed E-state index contributed by atoms with van der Waals surface area (Å²) in [4.78, 5) is 61.7. The molecule has 13 heteroatoms. The summed E-state index contributed by atoms with van der Waals surface area (Å²) >= 11 is 0. The average Bonchev–Trinajstić information content (AvgIpc) is 3.27. The average molecular weight is 479 g/mol. The molecule has 186 valence electrons. The lowest BCUT2D eigenvalue weighted by atomic mass is 10.1. The van der Waals surface area contributed by atoms with Crippen LogP contribution >= 0.6 is 0 Å². The molecule has 1 aromatic carbocycles. The molecule has 13 nitrogen and oxygen atoms in total. The van der Waals surface area contributed by atoms with E-state index < -0.39 is 60.4 Å². The summed E-state index contributed by atoms with van der Waals surface area (Å²) in [5.41, 5.74) is 11.3. The summed E-state index contributed by atoms with van der Waals surface area (Å²) in [6.07, 6.45) is 0.273. The number of carboxylic acid groups (broad SMARTS) is 1. The van der Waals surface area contributed by atoms with Gasteiger partial charge in [-0.1, -0.05) is 12.1 Å². The molecule has 1 aliphatic heterocycles. The number of carbonyl (C=O) groups is 5. The summed E-state index contributed by atoms with van der Waals surface area (Å²) in [5, 5.41) is 33.0. The van der Waals surface area contributed by atoms with Crippen LogP contribution in [0.5, 0.6) is 5.75 Å². The van der Waals surface area contributed by atoms with Gasteiger partial charge in [-0.3, -0.25) is 19.2 Å². The van der Waals surface area contributed by atoms with Crippen molar-refractivity contribution in [2.45, 2.75) is 49.9 Å². The first-order valence-electron chi connectivity index (χ1n) is 10.6. The van der Waals surface area contributed by atoms with E-state index in [2.05, 4.69) is 10.6 Å². The Labute approximate surface area is 195 Å². The van der Waals surface area contributed by atoms with Crippen molar-refractivity contribution in [2.75, 3.05) is 13.2 Å². The first-order valence-corrected chi connectivity index (χ1v) is 10.6. The van der Waals surface area contributed by atoms with Crippen LogP contribution in [0, 0.1) is 0 Å². The number of nitrogens with one attached hydrogen (secondary N) is 2. The summed E-state index contributed by atoms with van der Waals surface area (Å²) in [5.74, 6) is -4.39. The highest BCUT2D eigenvalue weighted by Crippen LogP contribution is 2.19. The van der Waals surface area contributed by atoms with Crippen LogP contribution in [0.2, 0.25) is 0 Å². The van der Waals surface area contributed by atoms with E-state index in [0.29, 0.717) is 12.0 Å². The molecule has 9 N–H and O–H groups in total. The number of phenolic OH excluding ortho intramolecular Hbond substituents is 1. The van der Waals surface area contributed by atoms with Gasteiger partial charge >= 0.3 is 5.97 Å². The van der Waals surface area contributed by atoms with Crippen LogP contribution < -0.4 is 22.1 Å². The number of aromatic hydroxyl groups is 1. The molecule has 1 saturated heterocycles. The highest BCUT2D eigenvalue weighted by molar-refractivity contribution is 5.95. The minimum Gasteiger partial charge on any atom is -0.508 e. The van der Waals surface area contributed by atoms with E-state index in [9.17, 15) is 39.3 Å². The number of carboxylic acids is 1. The Hall–Kier alpha value is -3.71. The quantitative estimate of drug-likeness (QED) is 0.173. The first kappa shape index (κ1) is 26.5. The molecule has 0 aliphatic carbocycles. The van der Waals surface area contributed by atoms with E-state index in [-0.39, 0.29) is 31.6 Å². The molecular weight excluding hydrogens is 450 g/mol. The molecule has 0 radical (unpaired) electrons. The Morgan fingerprint density at radius 2 is 1.74 bits per heavy atom. The standard InChI is InChI=1S/C21H29N5O8/c22-13(9-17(23)29)20(32)26-7-1-2-16(26)19(31)25-15(10-27)18(30)24-14(21(33)34)8-11-3-5-12(28)6-4-11/h3-6,13-16,27-28H,1-2,7-10,22H2,(H2,23,29)(H,24,30)(H,25,31)(H,33,34)/t13-,14-,15-,16-/m0/s1. The lowest BCUT2D eigenvalue weighted by molar-refractivity contribution is -0.143. The van der Waals surface area contributed by atoms with E-state index in [1.165, 1.54) is 29.2 Å². The fourth-order valence-electron chi connectivity index (χ4n) is 3.62. The number of likely N-dealkylation sites (tertiary alicyclic amines) is 1. The molecule has 2 rings (SSSR count). The maximum absolute atomic E-state index is 12.8. The van der Waals surface area contributed by atoms with Crippen LogP contribution in [0.4, 0.5) is 0 Å². The number of aliphatic hydroxyl groups excluding tert-OH is 1. The van der Waals surface area contributed by atoms with Gasteiger partial charge in [0.05, 0.1) is 19.1 Å². The summed E-state index contributed by atoms with van der Waals surface area (Å²) in [6.45, 7) is -0.599. The second kappa shape index (κ2) is 12.0. The first-order chi connectivity index (χ1) is 16.0. The van der Waals surface area contributed by atoms with Crippen LogP contribution in [0.1, 0.15) is 24.8 Å². The molecule has 0 saturated carbocycles. The van der Waals surface area contributed by atoms with Gasteiger partial charge in [-0.2, -0.15) is 0 Å². The van der Waals surface area contributed by atoms with E-state index in [0.717, 1.165) is 0 Å². The van der Waals surface area contributed by atoms with Crippen molar-refractivity contribution in [3.63, 3.8) is 0 Å². The monoisotopic (exact) mass is 479 g/mol. The van der Waals surface area contributed by atoms with Crippen molar-refractivity contribution in [3.8, 4) is 5.75 Å². The summed E-state index contributed by atoms with van der Waals surface area (Å²) < 4.78 is 0. The van der Waals surface area contributed by atoms with E-state index in [4.69, 9.17) is 11.5 Å². The second-order valence-electron chi connectivity index (χ2n) is 7.98. The van der Waals surface area contributed by atoms with Gasteiger partial charge in [0.1, 0.15) is 23.9 Å². The third kappa shape index (κ3) is 7.15. The fraction of sp³-hybridized carbons (Fsp3) is 0.476. The Morgan fingerprint density at radius 3 is 2.29 bits per heavy atom. The fourth-order valence-corrected chi connectivity index (χ4v) is 3.62. The molecule has 0 aromatic heterocycles. The molecule has 1 aromatic rings. The zero-order valence-corrected chi connectivity index (χ0v) is 18.3. The predicted octanol–water partition coefficient (Wildman–Crippen LogP) is -2.83. The zero-order chi connectivity index (χ0) is 25.4. The number of primary amides is 1. The lowest BCUT2D eigenvalue weighted by Gasteiger charge is -2.28. The highest BCUT2D eigenvalue weighted by atomic mass is 16.4. The molecule has 1 fully saturated rings. The van der Waals surface area contributed by atoms with Crippen molar-refractivity contribution in [3.05, 3.63) is 29.8 Å². The summed E-state index contributed by atoms with van der Waals surface area (Å²) in [7, 11) is 0. The van der Waals surface area contributed by atoms with Crippen molar-refractivity contribution >= 4 is 29.6 Å². The Balaban J connectivity index is 2.02. The van der Waals surface area contributed by atoms with Crippen LogP contribution in [0.15, 0.2) is 24.3 Å². The largest absolute Gasteiger partial charge is 0.508 e. The zero-order valence-electron chi connectivity index (χ0n) is 18.3. The molecule has 4 amide bonds. The Bertz CT molecular complexity index is 922. The van der Waals surface area contributed by atoms with Crippen LogP contribution in [0.25, 0.3) is 0 Å². The van der Waals surface area contributed by atoms with Crippen LogP contribution in [-0.2, 0) is 30.4 Å². The van der Waals surface area contributed by atoms with Crippen molar-refractivity contribution in [1.82, 2.24) is 15.5 Å². The number of phenols is 1. The minimum absolute atomic E-state index is 0.00209. The van der Waals surface area contributed by atoms with Gasteiger partial charge in [-0.05, 0) is 30.5 Å². The van der Waals surface area contributed by atoms with Crippen molar-refractivity contribution < 1.29 is 39.3 Å². The van der Waals surface area contributed by atoms with Crippen molar-refractivity contribution in [2.24, 2.45) is 11.5 Å². The highest BCUT2D eigenvalue weighted by Gasteiger charge is 2.38. The number of nitrogens with zero attached hydrogens (tertiary/aromatic N) is 1. The van der Waals surface area contributed by atoms with E-state index in [1.807, 2.05) is 0 Å². The minimum atomic E-state index is -1.47. The molecule has 1 heterocycles. The number of hydrogen-bond donors (Lipinski definition) is 7. The topological polar surface area (TPSA) is 225 Å². The van der Waals surface area contributed by atoms with Crippen molar-refractivity contribution in [1.29, 1.82) is 0 Å². The number of rotatable bonds is 11. The smallest absolute Gasteiger partial charge is 0.326 e. The number of benzene rings is 1. The van der Waals surface area contributed by atoms with Gasteiger partial charge < -0.3 is 42.3 Å². The van der Waals surface area contributed by atoms with Gasteiger partial charge in [0.2, 0.25) is 23.6 Å². The Morgan fingerprint density at radius 1 is 1.09 bits per heavy atom. The SMILES string of the molecule is NC(=O)C[C@H](N)C(=O)N1CCC[C@H]1C(=O)N[C@@H](CO)C(=O)N[C@@H](Cc1ccc(O)cc1)C(=O)O. The normalized spacial score (nSPS) is 17.9. The molecule has 0 unspecified atom stereocenters. The van der Waals surface area contributed by atoms with Crippen LogP contribution in [-0.4, -0.2) is 87.1 Å². The number of amides is 4. The number of carbonyl (C=O) groups excluding carboxylic acids is 4. The maximum Gasteiger partial charge on any atom is 0.326 e. The predicted molar refractivity (Wildman–Crippen MR) is 117 cm³/mol. The summed E-state index contributed by atoms with van der Waals surface area (Å²) in [6, 6.07) is 0.729. The van der Waals surface area contributed by atoms with Gasteiger partial charge in [0.15, 0.2) is 0 Å². The molecule has 0 bridgehead atoms. The molecular formula is C21H29N5O8.